The molecule has 1 rings (SSSR count). The molecule has 0 unspecified atom stereocenters. The van der Waals surface area contributed by atoms with Crippen molar-refractivity contribution in [2.75, 3.05) is 11.9 Å². The first-order chi connectivity index (χ1) is 9.93. The first kappa shape index (κ1) is 17.0. The topological polar surface area (TPSA) is 102 Å². The maximum atomic E-state index is 11.9. The standard InChI is InChI=1S/C14H14IN3O3/c1-9-6-11(15)2-3-12(9)18-14(21)10(7-16)8-17-5-4-13(19)20/h2-3,6,8,17H,4-5H2,1H3,(H,18,21)(H,19,20)/b10-8-. The van der Waals surface area contributed by atoms with Gasteiger partial charge in [-0.2, -0.15) is 5.26 Å². The van der Waals surface area contributed by atoms with E-state index in [1.807, 2.05) is 19.1 Å². The first-order valence-electron chi connectivity index (χ1n) is 6.07. The summed E-state index contributed by atoms with van der Waals surface area (Å²) in [7, 11) is 0. The molecule has 0 aliphatic carbocycles. The van der Waals surface area contributed by atoms with E-state index in [2.05, 4.69) is 33.2 Å². The number of aliphatic carboxylic acids is 1. The molecule has 21 heavy (non-hydrogen) atoms. The summed E-state index contributed by atoms with van der Waals surface area (Å²) in [6.07, 6.45) is 1.13. The molecular weight excluding hydrogens is 385 g/mol. The molecule has 1 aromatic carbocycles. The van der Waals surface area contributed by atoms with Crippen molar-refractivity contribution in [3.63, 3.8) is 0 Å². The lowest BCUT2D eigenvalue weighted by molar-refractivity contribution is -0.136. The molecule has 0 aromatic heterocycles. The number of hydrogen-bond donors (Lipinski definition) is 3. The van der Waals surface area contributed by atoms with Crippen LogP contribution in [0.4, 0.5) is 5.69 Å². The normalized spacial score (nSPS) is 10.6. The van der Waals surface area contributed by atoms with Gasteiger partial charge in [0.05, 0.1) is 6.42 Å². The summed E-state index contributed by atoms with van der Waals surface area (Å²) in [6, 6.07) is 7.31. The van der Waals surface area contributed by atoms with Gasteiger partial charge >= 0.3 is 5.97 Å². The maximum absolute atomic E-state index is 11.9. The second-order valence-electron chi connectivity index (χ2n) is 4.18. The fourth-order valence-corrected chi connectivity index (χ4v) is 2.11. The van der Waals surface area contributed by atoms with Gasteiger partial charge in [0, 0.05) is 22.0 Å². The monoisotopic (exact) mass is 399 g/mol. The number of benzene rings is 1. The van der Waals surface area contributed by atoms with Gasteiger partial charge in [-0.15, -0.1) is 0 Å². The highest BCUT2D eigenvalue weighted by atomic mass is 127. The quantitative estimate of drug-likeness (QED) is 0.294. The zero-order valence-corrected chi connectivity index (χ0v) is 13.5. The fourth-order valence-electron chi connectivity index (χ4n) is 1.46. The molecule has 0 saturated carbocycles. The number of carbonyl (C=O) groups excluding carboxylic acids is 1. The Hall–Kier alpha value is -2.08. The zero-order chi connectivity index (χ0) is 15.8. The van der Waals surface area contributed by atoms with Gasteiger partial charge in [0.2, 0.25) is 0 Å². The van der Waals surface area contributed by atoms with Crippen LogP contribution in [0.5, 0.6) is 0 Å². The molecule has 0 saturated heterocycles. The number of rotatable bonds is 6. The molecule has 0 aliphatic rings. The molecule has 0 atom stereocenters. The Labute approximate surface area is 136 Å². The Morgan fingerprint density at radius 1 is 1.48 bits per heavy atom. The van der Waals surface area contributed by atoms with Crippen LogP contribution in [-0.2, 0) is 9.59 Å². The van der Waals surface area contributed by atoms with Gasteiger partial charge < -0.3 is 15.7 Å². The van der Waals surface area contributed by atoms with Crippen LogP contribution in [0, 0.1) is 21.8 Å². The van der Waals surface area contributed by atoms with Crippen molar-refractivity contribution in [2.24, 2.45) is 0 Å². The highest BCUT2D eigenvalue weighted by molar-refractivity contribution is 14.1. The molecule has 0 aliphatic heterocycles. The number of nitrogens with zero attached hydrogens (tertiary/aromatic N) is 1. The van der Waals surface area contributed by atoms with E-state index in [9.17, 15) is 9.59 Å². The van der Waals surface area contributed by atoms with Crippen molar-refractivity contribution in [1.82, 2.24) is 5.32 Å². The second-order valence-corrected chi connectivity index (χ2v) is 5.43. The molecule has 0 bridgehead atoms. The maximum Gasteiger partial charge on any atom is 0.305 e. The number of anilines is 1. The van der Waals surface area contributed by atoms with E-state index in [1.54, 1.807) is 12.1 Å². The Morgan fingerprint density at radius 2 is 2.19 bits per heavy atom. The number of carboxylic acid groups (broad SMARTS) is 1. The summed E-state index contributed by atoms with van der Waals surface area (Å²) in [5, 5.41) is 22.7. The average molecular weight is 399 g/mol. The summed E-state index contributed by atoms with van der Waals surface area (Å²) in [4.78, 5) is 22.3. The number of aryl methyl sites for hydroxylation is 1. The number of nitriles is 1. The minimum absolute atomic E-state index is 0.0902. The number of nitrogens with one attached hydrogen (secondary N) is 2. The fraction of sp³-hybridized carbons (Fsp3) is 0.214. The summed E-state index contributed by atoms with van der Waals surface area (Å²) >= 11 is 2.17. The summed E-state index contributed by atoms with van der Waals surface area (Å²) < 4.78 is 1.05. The Kier molecular flexibility index (Phi) is 6.68. The van der Waals surface area contributed by atoms with E-state index in [0.717, 1.165) is 9.13 Å². The average Bonchev–Trinajstić information content (AvgIpc) is 2.41. The smallest absolute Gasteiger partial charge is 0.305 e. The molecular formula is C14H14IN3O3. The molecule has 1 aromatic rings. The Balaban J connectivity index is 2.69. The molecule has 7 heteroatoms. The van der Waals surface area contributed by atoms with Crippen LogP contribution in [0.1, 0.15) is 12.0 Å². The number of halogens is 1. The van der Waals surface area contributed by atoms with Gasteiger partial charge in [0.25, 0.3) is 5.91 Å². The SMILES string of the molecule is Cc1cc(I)ccc1NC(=O)/C(C#N)=C\NCCC(=O)O. The van der Waals surface area contributed by atoms with Gasteiger partial charge in [-0.1, -0.05) is 0 Å². The van der Waals surface area contributed by atoms with Crippen LogP contribution in [0.3, 0.4) is 0 Å². The number of carbonyl (C=O) groups is 2. The lowest BCUT2D eigenvalue weighted by Gasteiger charge is -2.08. The van der Waals surface area contributed by atoms with Crippen molar-refractivity contribution in [3.05, 3.63) is 39.1 Å². The van der Waals surface area contributed by atoms with E-state index in [0.29, 0.717) is 5.69 Å². The first-order valence-corrected chi connectivity index (χ1v) is 7.15. The number of carboxylic acids is 1. The van der Waals surface area contributed by atoms with Crippen molar-refractivity contribution in [1.29, 1.82) is 5.26 Å². The third-order valence-corrected chi connectivity index (χ3v) is 3.20. The predicted molar refractivity (Wildman–Crippen MR) is 86.5 cm³/mol. The summed E-state index contributed by atoms with van der Waals surface area (Å²) in [5.41, 5.74) is 1.41. The van der Waals surface area contributed by atoms with E-state index in [1.165, 1.54) is 6.20 Å². The van der Waals surface area contributed by atoms with Gasteiger partial charge in [-0.25, -0.2) is 0 Å². The molecule has 0 heterocycles. The molecule has 110 valence electrons. The second kappa shape index (κ2) is 8.26. The zero-order valence-electron chi connectivity index (χ0n) is 11.3. The summed E-state index contributed by atoms with van der Waals surface area (Å²) in [6.45, 7) is 2.01. The third kappa shape index (κ3) is 5.83. The number of amides is 1. The summed E-state index contributed by atoms with van der Waals surface area (Å²) in [5.74, 6) is -1.49. The molecule has 3 N–H and O–H groups in total. The van der Waals surface area contributed by atoms with Gasteiger partial charge in [-0.3, -0.25) is 9.59 Å². The molecule has 0 spiro atoms. The molecule has 1 amide bonds. The van der Waals surface area contributed by atoms with E-state index >= 15 is 0 Å². The van der Waals surface area contributed by atoms with Crippen LogP contribution >= 0.6 is 22.6 Å². The number of hydrogen-bond acceptors (Lipinski definition) is 4. The lowest BCUT2D eigenvalue weighted by Crippen LogP contribution is -2.18. The molecule has 0 fully saturated rings. The van der Waals surface area contributed by atoms with E-state index in [-0.39, 0.29) is 18.5 Å². The minimum atomic E-state index is -0.951. The highest BCUT2D eigenvalue weighted by Crippen LogP contribution is 2.18. The third-order valence-electron chi connectivity index (χ3n) is 2.53. The predicted octanol–water partition coefficient (Wildman–Crippen LogP) is 2.01. The van der Waals surface area contributed by atoms with Crippen molar-refractivity contribution >= 4 is 40.2 Å². The Morgan fingerprint density at radius 3 is 2.76 bits per heavy atom. The van der Waals surface area contributed by atoms with Crippen LogP contribution in [0.25, 0.3) is 0 Å². The van der Waals surface area contributed by atoms with Crippen molar-refractivity contribution in [3.8, 4) is 6.07 Å². The van der Waals surface area contributed by atoms with Gasteiger partial charge in [0.15, 0.2) is 0 Å². The van der Waals surface area contributed by atoms with Crippen molar-refractivity contribution in [2.45, 2.75) is 13.3 Å². The lowest BCUT2D eigenvalue weighted by atomic mass is 10.2. The largest absolute Gasteiger partial charge is 0.481 e. The van der Waals surface area contributed by atoms with E-state index in [4.69, 9.17) is 10.4 Å². The van der Waals surface area contributed by atoms with Gasteiger partial charge in [0.1, 0.15) is 11.6 Å². The highest BCUT2D eigenvalue weighted by Gasteiger charge is 2.10. The van der Waals surface area contributed by atoms with Crippen LogP contribution in [0.15, 0.2) is 30.0 Å². The van der Waals surface area contributed by atoms with E-state index < -0.39 is 11.9 Å². The molecule has 6 nitrogen and oxygen atoms in total. The van der Waals surface area contributed by atoms with Gasteiger partial charge in [-0.05, 0) is 53.3 Å². The van der Waals surface area contributed by atoms with Crippen molar-refractivity contribution < 1.29 is 14.7 Å². The van der Waals surface area contributed by atoms with Crippen LogP contribution < -0.4 is 10.6 Å². The van der Waals surface area contributed by atoms with Crippen LogP contribution in [0.2, 0.25) is 0 Å². The molecule has 0 radical (unpaired) electrons. The Bertz CT molecular complexity index is 620. The minimum Gasteiger partial charge on any atom is -0.481 e. The van der Waals surface area contributed by atoms with Crippen LogP contribution in [-0.4, -0.2) is 23.5 Å².